The van der Waals surface area contributed by atoms with Crippen molar-refractivity contribution >= 4 is 11.7 Å². The van der Waals surface area contributed by atoms with Gasteiger partial charge in [-0.25, -0.2) is 4.79 Å². The summed E-state index contributed by atoms with van der Waals surface area (Å²) in [5.74, 6) is -2.07. The minimum atomic E-state index is -0.819. The summed E-state index contributed by atoms with van der Waals surface area (Å²) in [5.41, 5.74) is 0.750. The van der Waals surface area contributed by atoms with Crippen LogP contribution in [-0.2, 0) is 42.8 Å². The first-order valence-electron chi connectivity index (χ1n) is 10.2. The van der Waals surface area contributed by atoms with E-state index in [1.54, 1.807) is 19.9 Å². The van der Waals surface area contributed by atoms with Gasteiger partial charge in [-0.1, -0.05) is 5.16 Å². The normalized spacial score (nSPS) is 39.1. The second-order valence-electron chi connectivity index (χ2n) is 8.56. The summed E-state index contributed by atoms with van der Waals surface area (Å²) in [4.78, 5) is 17.4. The van der Waals surface area contributed by atoms with Crippen molar-refractivity contribution in [2.75, 3.05) is 13.2 Å². The topological polar surface area (TPSA) is 103 Å². The molecule has 0 aromatic carbocycles. The van der Waals surface area contributed by atoms with Crippen LogP contribution in [-0.4, -0.2) is 73.5 Å². The lowest BCUT2D eigenvalue weighted by atomic mass is 10.1. The van der Waals surface area contributed by atoms with E-state index in [1.807, 2.05) is 27.7 Å². The molecule has 0 aliphatic carbocycles. The van der Waals surface area contributed by atoms with E-state index in [9.17, 15) is 4.79 Å². The van der Waals surface area contributed by atoms with Gasteiger partial charge in [-0.3, -0.25) is 0 Å². The number of oxime groups is 1. The fourth-order valence-electron chi connectivity index (χ4n) is 3.91. The van der Waals surface area contributed by atoms with Crippen molar-refractivity contribution in [1.29, 1.82) is 0 Å². The lowest BCUT2D eigenvalue weighted by molar-refractivity contribution is -0.251. The first kappa shape index (κ1) is 21.7. The number of ether oxygens (including phenoxy) is 7. The van der Waals surface area contributed by atoms with Crippen LogP contribution in [0.4, 0.5) is 0 Å². The molecule has 10 heteroatoms. The van der Waals surface area contributed by atoms with Crippen LogP contribution in [0.5, 0.6) is 0 Å². The number of rotatable bonds is 5. The molecule has 0 aromatic heterocycles. The number of carbonyl (C=O) groups is 1. The van der Waals surface area contributed by atoms with Crippen molar-refractivity contribution in [3.8, 4) is 0 Å². The van der Waals surface area contributed by atoms with E-state index in [4.69, 9.17) is 38.0 Å². The lowest BCUT2D eigenvalue weighted by Crippen LogP contribution is -2.46. The van der Waals surface area contributed by atoms with Gasteiger partial charge in [-0.15, -0.1) is 0 Å². The summed E-state index contributed by atoms with van der Waals surface area (Å²) in [6.07, 6.45) is -1.74. The van der Waals surface area contributed by atoms with E-state index >= 15 is 0 Å². The molecule has 0 aromatic rings. The second-order valence-corrected chi connectivity index (χ2v) is 8.56. The standard InChI is InChI=1S/C20H29NO9/c1-7-23-16(22)11-8-10(2)17(30-21-11)26-14-13(12-9-24-19(3,4)27-12)25-18-15(14)28-20(5,6)29-18/h8,12-15,17-18H,7,9H2,1-6H3/t12-,13-,14+,15-,17-,18-/m1/s1. The Balaban J connectivity index is 1.50. The molecule has 10 nitrogen and oxygen atoms in total. The zero-order valence-corrected chi connectivity index (χ0v) is 18.1. The van der Waals surface area contributed by atoms with E-state index in [-0.39, 0.29) is 18.4 Å². The zero-order valence-electron chi connectivity index (χ0n) is 18.1. The molecule has 30 heavy (non-hydrogen) atoms. The highest BCUT2D eigenvalue weighted by molar-refractivity contribution is 6.41. The molecule has 0 amide bonds. The average Bonchev–Trinajstić information content (AvgIpc) is 3.26. The van der Waals surface area contributed by atoms with Gasteiger partial charge in [0, 0.05) is 0 Å². The highest BCUT2D eigenvalue weighted by Gasteiger charge is 2.59. The number of hydrogen-bond acceptors (Lipinski definition) is 10. The lowest BCUT2D eigenvalue weighted by Gasteiger charge is -2.31. The van der Waals surface area contributed by atoms with Crippen LogP contribution in [0.15, 0.2) is 16.8 Å². The molecule has 4 aliphatic rings. The summed E-state index contributed by atoms with van der Waals surface area (Å²) in [6.45, 7) is 11.4. The van der Waals surface area contributed by atoms with Gasteiger partial charge in [0.15, 0.2) is 23.6 Å². The molecule has 4 rings (SSSR count). The molecule has 0 spiro atoms. The van der Waals surface area contributed by atoms with Crippen molar-refractivity contribution in [1.82, 2.24) is 0 Å². The Morgan fingerprint density at radius 3 is 2.57 bits per heavy atom. The molecule has 3 saturated heterocycles. The van der Waals surface area contributed by atoms with E-state index in [0.717, 1.165) is 0 Å². The minimum absolute atomic E-state index is 0.0853. The Morgan fingerprint density at radius 1 is 1.17 bits per heavy atom. The van der Waals surface area contributed by atoms with Crippen molar-refractivity contribution in [2.45, 2.75) is 90.1 Å². The van der Waals surface area contributed by atoms with Crippen molar-refractivity contribution in [3.05, 3.63) is 11.6 Å². The largest absolute Gasteiger partial charge is 0.461 e. The van der Waals surface area contributed by atoms with Crippen molar-refractivity contribution in [3.63, 3.8) is 0 Å². The smallest absolute Gasteiger partial charge is 0.360 e. The third-order valence-corrected chi connectivity index (χ3v) is 5.17. The Hall–Kier alpha value is -1.56. The van der Waals surface area contributed by atoms with Crippen LogP contribution in [0.25, 0.3) is 0 Å². The van der Waals surface area contributed by atoms with Crippen LogP contribution >= 0.6 is 0 Å². The Morgan fingerprint density at radius 2 is 1.93 bits per heavy atom. The third kappa shape index (κ3) is 4.25. The SMILES string of the molecule is CCOC(=O)C1=NO[C@@H](O[C@@H]2[C@H]3OC(C)(C)O[C@H]3O[C@@H]2[C@H]2COC(C)(C)O2)C(C)=C1. The Labute approximate surface area is 175 Å². The van der Waals surface area contributed by atoms with Gasteiger partial charge in [0.05, 0.1) is 13.2 Å². The zero-order chi connectivity index (χ0) is 21.7. The number of hydrogen-bond donors (Lipinski definition) is 0. The second kappa shape index (κ2) is 7.85. The molecule has 4 heterocycles. The third-order valence-electron chi connectivity index (χ3n) is 5.17. The number of esters is 1. The van der Waals surface area contributed by atoms with Crippen LogP contribution in [0.2, 0.25) is 0 Å². The predicted octanol–water partition coefficient (Wildman–Crippen LogP) is 1.62. The highest BCUT2D eigenvalue weighted by atomic mass is 16.9. The van der Waals surface area contributed by atoms with Gasteiger partial charge in [-0.05, 0) is 53.2 Å². The number of carbonyl (C=O) groups excluding carboxylic acids is 1. The van der Waals surface area contributed by atoms with E-state index in [0.29, 0.717) is 12.2 Å². The first-order valence-corrected chi connectivity index (χ1v) is 10.2. The molecule has 0 N–H and O–H groups in total. The van der Waals surface area contributed by atoms with Crippen LogP contribution in [0.3, 0.4) is 0 Å². The van der Waals surface area contributed by atoms with Crippen LogP contribution in [0, 0.1) is 0 Å². The molecule has 168 valence electrons. The number of nitrogens with zero attached hydrogens (tertiary/aromatic N) is 1. The highest BCUT2D eigenvalue weighted by Crippen LogP contribution is 2.42. The maximum atomic E-state index is 11.9. The van der Waals surface area contributed by atoms with E-state index < -0.39 is 48.4 Å². The summed E-state index contributed by atoms with van der Waals surface area (Å²) in [5, 5.41) is 3.85. The quantitative estimate of drug-likeness (QED) is 0.606. The Kier molecular flexibility index (Phi) is 5.67. The minimum Gasteiger partial charge on any atom is -0.461 e. The van der Waals surface area contributed by atoms with Gasteiger partial charge >= 0.3 is 5.97 Å². The van der Waals surface area contributed by atoms with Gasteiger partial charge < -0.3 is 38.0 Å². The summed E-state index contributed by atoms with van der Waals surface area (Å²) >= 11 is 0. The van der Waals surface area contributed by atoms with E-state index in [1.165, 1.54) is 0 Å². The van der Waals surface area contributed by atoms with Gasteiger partial charge in [0.2, 0.25) is 6.29 Å². The maximum absolute atomic E-state index is 11.9. The molecule has 3 fully saturated rings. The van der Waals surface area contributed by atoms with Crippen LogP contribution < -0.4 is 0 Å². The molecule has 0 saturated carbocycles. The molecule has 6 atom stereocenters. The predicted molar refractivity (Wildman–Crippen MR) is 101 cm³/mol. The molecule has 0 unspecified atom stereocenters. The molecular weight excluding hydrogens is 398 g/mol. The molecule has 4 aliphatic heterocycles. The maximum Gasteiger partial charge on any atom is 0.360 e. The number of fused-ring (bicyclic) bond motifs is 1. The fourth-order valence-corrected chi connectivity index (χ4v) is 3.91. The molecular formula is C20H29NO9. The summed E-state index contributed by atoms with van der Waals surface area (Å²) in [6, 6.07) is 0. The first-order chi connectivity index (χ1) is 14.1. The summed E-state index contributed by atoms with van der Waals surface area (Å²) < 4.78 is 40.9. The molecule has 0 radical (unpaired) electrons. The van der Waals surface area contributed by atoms with Gasteiger partial charge in [0.25, 0.3) is 0 Å². The van der Waals surface area contributed by atoms with E-state index in [2.05, 4.69) is 5.16 Å². The van der Waals surface area contributed by atoms with Crippen LogP contribution in [0.1, 0.15) is 41.5 Å². The summed E-state index contributed by atoms with van der Waals surface area (Å²) in [7, 11) is 0. The average molecular weight is 427 g/mol. The van der Waals surface area contributed by atoms with Gasteiger partial charge in [0.1, 0.15) is 24.4 Å². The van der Waals surface area contributed by atoms with Crippen molar-refractivity contribution < 1.29 is 42.8 Å². The van der Waals surface area contributed by atoms with Gasteiger partial charge in [-0.2, -0.15) is 0 Å². The molecule has 0 bridgehead atoms. The Bertz CT molecular complexity index is 747. The van der Waals surface area contributed by atoms with Crippen molar-refractivity contribution in [2.24, 2.45) is 5.16 Å². The fraction of sp³-hybridized carbons (Fsp3) is 0.800. The monoisotopic (exact) mass is 427 g/mol.